The Bertz CT molecular complexity index is 609. The lowest BCUT2D eigenvalue weighted by molar-refractivity contribution is -0.120. The van der Waals surface area contributed by atoms with E-state index in [1.165, 1.54) is 6.07 Å². The lowest BCUT2D eigenvalue weighted by Gasteiger charge is -2.23. The minimum absolute atomic E-state index is 0.00292. The molecule has 1 aliphatic rings. The van der Waals surface area contributed by atoms with Gasteiger partial charge < -0.3 is 15.4 Å². The molecule has 0 aromatic heterocycles. The monoisotopic (exact) mass is 299 g/mol. The number of carbonyl (C=O) groups excluding carboxylic acids is 1. The van der Waals surface area contributed by atoms with Gasteiger partial charge in [0, 0.05) is 12.2 Å². The number of aryl methyl sites for hydroxylation is 1. The Labute approximate surface area is 117 Å². The lowest BCUT2D eigenvalue weighted by Crippen LogP contribution is -2.48. The van der Waals surface area contributed by atoms with Gasteiger partial charge in [0.1, 0.15) is 6.04 Å². The highest BCUT2D eigenvalue weighted by atomic mass is 32.2. The fourth-order valence-corrected chi connectivity index (χ4v) is 2.76. The Morgan fingerprint density at radius 3 is 2.85 bits per heavy atom. The molecule has 0 aliphatic carbocycles. The quantitative estimate of drug-likeness (QED) is 0.701. The Morgan fingerprint density at radius 2 is 2.25 bits per heavy atom. The molecule has 7 nitrogen and oxygen atoms in total. The summed E-state index contributed by atoms with van der Waals surface area (Å²) in [6.45, 7) is 3.11. The van der Waals surface area contributed by atoms with E-state index in [1.807, 2.05) is 0 Å². The number of hydrogen-bond donors (Lipinski definition) is 3. The zero-order valence-electron chi connectivity index (χ0n) is 11.0. The predicted molar refractivity (Wildman–Crippen MR) is 73.8 cm³/mol. The second kappa shape index (κ2) is 5.88. The van der Waals surface area contributed by atoms with E-state index in [2.05, 4.69) is 10.6 Å². The molecule has 1 aliphatic heterocycles. The van der Waals surface area contributed by atoms with Crippen molar-refractivity contribution in [2.75, 3.05) is 25.1 Å². The van der Waals surface area contributed by atoms with Crippen LogP contribution in [-0.2, 0) is 19.6 Å². The summed E-state index contributed by atoms with van der Waals surface area (Å²) in [4.78, 5) is 12.0. The van der Waals surface area contributed by atoms with Gasteiger partial charge in [-0.15, -0.1) is 0 Å². The standard InChI is InChI=1S/C12H17N3O4S/c1-8-2-3-9(6-11(8)20(13,17)18)15-12(16)10-7-19-5-4-14-10/h2-3,6,10,14H,4-5,7H2,1H3,(H,15,16)(H2,13,17,18). The predicted octanol–water partition coefficient (Wildman–Crippen LogP) is -0.431. The summed E-state index contributed by atoms with van der Waals surface area (Å²) in [7, 11) is -3.81. The molecule has 2 rings (SSSR count). The van der Waals surface area contributed by atoms with Crippen molar-refractivity contribution >= 4 is 21.6 Å². The summed E-state index contributed by atoms with van der Waals surface area (Å²) in [6.07, 6.45) is 0. The number of benzene rings is 1. The molecule has 1 amide bonds. The van der Waals surface area contributed by atoms with Crippen LogP contribution in [0.25, 0.3) is 0 Å². The number of anilines is 1. The molecular weight excluding hydrogens is 282 g/mol. The molecule has 1 heterocycles. The highest BCUT2D eigenvalue weighted by Crippen LogP contribution is 2.19. The van der Waals surface area contributed by atoms with Crippen molar-refractivity contribution in [3.8, 4) is 0 Å². The fraction of sp³-hybridized carbons (Fsp3) is 0.417. The van der Waals surface area contributed by atoms with Gasteiger partial charge in [-0.2, -0.15) is 0 Å². The zero-order valence-corrected chi connectivity index (χ0v) is 11.9. The molecule has 8 heteroatoms. The van der Waals surface area contributed by atoms with Crippen LogP contribution in [0.2, 0.25) is 0 Å². The maximum absolute atomic E-state index is 12.0. The summed E-state index contributed by atoms with van der Waals surface area (Å²) >= 11 is 0. The largest absolute Gasteiger partial charge is 0.378 e. The third-order valence-corrected chi connectivity index (χ3v) is 4.05. The number of amides is 1. The van der Waals surface area contributed by atoms with E-state index in [0.717, 1.165) is 0 Å². The van der Waals surface area contributed by atoms with Gasteiger partial charge in [-0.05, 0) is 24.6 Å². The topological polar surface area (TPSA) is 111 Å². The Balaban J connectivity index is 2.15. The molecule has 0 saturated carbocycles. The molecule has 1 fully saturated rings. The number of morpholine rings is 1. The van der Waals surface area contributed by atoms with Crippen molar-refractivity contribution in [1.82, 2.24) is 5.32 Å². The number of nitrogens with one attached hydrogen (secondary N) is 2. The summed E-state index contributed by atoms with van der Waals surface area (Å²) < 4.78 is 28.1. The third-order valence-electron chi connectivity index (χ3n) is 3.00. The molecule has 0 bridgehead atoms. The van der Waals surface area contributed by atoms with E-state index in [1.54, 1.807) is 19.1 Å². The van der Waals surface area contributed by atoms with Crippen LogP contribution < -0.4 is 15.8 Å². The van der Waals surface area contributed by atoms with E-state index in [0.29, 0.717) is 31.0 Å². The van der Waals surface area contributed by atoms with Crippen LogP contribution in [0.15, 0.2) is 23.1 Å². The molecule has 0 radical (unpaired) electrons. The Morgan fingerprint density at radius 1 is 1.50 bits per heavy atom. The van der Waals surface area contributed by atoms with Crippen LogP contribution >= 0.6 is 0 Å². The zero-order chi connectivity index (χ0) is 14.8. The third kappa shape index (κ3) is 3.54. The second-order valence-corrected chi connectivity index (χ2v) is 6.13. The van der Waals surface area contributed by atoms with E-state index in [4.69, 9.17) is 9.88 Å². The first-order valence-electron chi connectivity index (χ1n) is 6.13. The van der Waals surface area contributed by atoms with Crippen molar-refractivity contribution in [2.24, 2.45) is 5.14 Å². The second-order valence-electron chi connectivity index (χ2n) is 4.60. The van der Waals surface area contributed by atoms with Gasteiger partial charge in [0.15, 0.2) is 0 Å². The number of carbonyl (C=O) groups is 1. The fourth-order valence-electron chi connectivity index (χ4n) is 1.95. The molecule has 4 N–H and O–H groups in total. The first-order chi connectivity index (χ1) is 9.38. The number of sulfonamides is 1. The van der Waals surface area contributed by atoms with Gasteiger partial charge in [0.05, 0.1) is 18.1 Å². The average Bonchev–Trinajstić information content (AvgIpc) is 2.40. The van der Waals surface area contributed by atoms with Crippen molar-refractivity contribution in [3.63, 3.8) is 0 Å². The SMILES string of the molecule is Cc1ccc(NC(=O)C2COCCN2)cc1S(N)(=O)=O. The molecule has 1 atom stereocenters. The van der Waals surface area contributed by atoms with E-state index in [-0.39, 0.29) is 10.8 Å². The van der Waals surface area contributed by atoms with Crippen LogP contribution in [-0.4, -0.2) is 40.1 Å². The molecule has 110 valence electrons. The van der Waals surface area contributed by atoms with Crippen molar-refractivity contribution in [2.45, 2.75) is 17.9 Å². The minimum Gasteiger partial charge on any atom is -0.378 e. The van der Waals surface area contributed by atoms with Crippen LogP contribution in [0.3, 0.4) is 0 Å². The highest BCUT2D eigenvalue weighted by Gasteiger charge is 2.21. The first kappa shape index (κ1) is 14.9. The minimum atomic E-state index is -3.81. The molecule has 1 saturated heterocycles. The number of ether oxygens (including phenoxy) is 1. The van der Waals surface area contributed by atoms with Gasteiger partial charge in [0.25, 0.3) is 0 Å². The highest BCUT2D eigenvalue weighted by molar-refractivity contribution is 7.89. The smallest absolute Gasteiger partial charge is 0.243 e. The summed E-state index contributed by atoms with van der Waals surface area (Å²) in [5.74, 6) is -0.270. The lowest BCUT2D eigenvalue weighted by atomic mass is 10.2. The van der Waals surface area contributed by atoms with Gasteiger partial charge in [0.2, 0.25) is 15.9 Å². The van der Waals surface area contributed by atoms with Crippen LogP contribution in [0.5, 0.6) is 0 Å². The normalized spacial score (nSPS) is 19.6. The Kier molecular flexibility index (Phi) is 4.39. The number of hydrogen-bond acceptors (Lipinski definition) is 5. The van der Waals surface area contributed by atoms with Gasteiger partial charge in [-0.3, -0.25) is 4.79 Å². The van der Waals surface area contributed by atoms with Crippen molar-refractivity contribution < 1.29 is 17.9 Å². The van der Waals surface area contributed by atoms with E-state index < -0.39 is 16.1 Å². The summed E-state index contributed by atoms with van der Waals surface area (Å²) in [5, 5.41) is 10.8. The van der Waals surface area contributed by atoms with Crippen LogP contribution in [0, 0.1) is 6.92 Å². The summed E-state index contributed by atoms with van der Waals surface area (Å²) in [6, 6.07) is 4.14. The molecule has 1 aromatic rings. The average molecular weight is 299 g/mol. The van der Waals surface area contributed by atoms with Crippen molar-refractivity contribution in [1.29, 1.82) is 0 Å². The van der Waals surface area contributed by atoms with Gasteiger partial charge in [-0.25, -0.2) is 13.6 Å². The Hall–Kier alpha value is -1.48. The molecule has 20 heavy (non-hydrogen) atoms. The van der Waals surface area contributed by atoms with E-state index in [9.17, 15) is 13.2 Å². The molecule has 1 aromatic carbocycles. The molecule has 0 spiro atoms. The first-order valence-corrected chi connectivity index (χ1v) is 7.68. The maximum Gasteiger partial charge on any atom is 0.243 e. The molecule has 1 unspecified atom stereocenters. The van der Waals surface area contributed by atoms with Crippen LogP contribution in [0.1, 0.15) is 5.56 Å². The van der Waals surface area contributed by atoms with Gasteiger partial charge >= 0.3 is 0 Å². The molecular formula is C12H17N3O4S. The van der Waals surface area contributed by atoms with E-state index >= 15 is 0 Å². The number of rotatable bonds is 3. The van der Waals surface area contributed by atoms with Gasteiger partial charge in [-0.1, -0.05) is 6.07 Å². The van der Waals surface area contributed by atoms with Crippen molar-refractivity contribution in [3.05, 3.63) is 23.8 Å². The van der Waals surface area contributed by atoms with Crippen LogP contribution in [0.4, 0.5) is 5.69 Å². The maximum atomic E-state index is 12.0. The number of primary sulfonamides is 1. The number of nitrogens with two attached hydrogens (primary N) is 1. The summed E-state index contributed by atoms with van der Waals surface area (Å²) in [5.41, 5.74) is 0.918.